The van der Waals surface area contributed by atoms with Crippen LogP contribution in [0.4, 0.5) is 4.39 Å². The van der Waals surface area contributed by atoms with Crippen molar-refractivity contribution < 1.29 is 14.6 Å². The molecule has 0 aliphatic heterocycles. The molecule has 0 fully saturated rings. The lowest BCUT2D eigenvalue weighted by molar-refractivity contribution is 0.275. The molecule has 2 nitrogen and oxygen atoms in total. The number of aliphatic hydroxyl groups is 2. The maximum absolute atomic E-state index is 12.6. The molecule has 0 bridgehead atoms. The third kappa shape index (κ3) is 2.03. The SMILES string of the molecule is OCCc1cc(F)ccc1CO. The minimum atomic E-state index is -0.337. The molecule has 0 atom stereocenters. The first-order chi connectivity index (χ1) is 5.77. The van der Waals surface area contributed by atoms with Gasteiger partial charge < -0.3 is 10.2 Å². The largest absolute Gasteiger partial charge is 0.396 e. The van der Waals surface area contributed by atoms with E-state index in [1.165, 1.54) is 18.2 Å². The highest BCUT2D eigenvalue weighted by molar-refractivity contribution is 5.27. The number of hydrogen-bond acceptors (Lipinski definition) is 2. The van der Waals surface area contributed by atoms with Gasteiger partial charge in [-0.05, 0) is 29.7 Å². The minimum absolute atomic E-state index is 0.0313. The topological polar surface area (TPSA) is 40.5 Å². The lowest BCUT2D eigenvalue weighted by atomic mass is 10.1. The number of benzene rings is 1. The average Bonchev–Trinajstić information content (AvgIpc) is 2.05. The third-order valence-corrected chi connectivity index (χ3v) is 1.72. The zero-order valence-electron chi connectivity index (χ0n) is 6.63. The van der Waals surface area contributed by atoms with Gasteiger partial charge in [0.15, 0.2) is 0 Å². The molecule has 1 rings (SSSR count). The Kier molecular flexibility index (Phi) is 3.19. The Morgan fingerprint density at radius 1 is 1.17 bits per heavy atom. The van der Waals surface area contributed by atoms with Crippen molar-refractivity contribution in [3.63, 3.8) is 0 Å². The molecule has 0 heterocycles. The van der Waals surface area contributed by atoms with E-state index in [1.54, 1.807) is 0 Å². The summed E-state index contributed by atoms with van der Waals surface area (Å²) in [4.78, 5) is 0. The van der Waals surface area contributed by atoms with Crippen LogP contribution >= 0.6 is 0 Å². The molecule has 1 aromatic rings. The fourth-order valence-corrected chi connectivity index (χ4v) is 1.10. The van der Waals surface area contributed by atoms with Crippen molar-refractivity contribution >= 4 is 0 Å². The van der Waals surface area contributed by atoms with Gasteiger partial charge in [0, 0.05) is 6.61 Å². The molecule has 0 radical (unpaired) electrons. The van der Waals surface area contributed by atoms with E-state index in [4.69, 9.17) is 10.2 Å². The van der Waals surface area contributed by atoms with E-state index >= 15 is 0 Å². The molecule has 66 valence electrons. The fraction of sp³-hybridized carbons (Fsp3) is 0.333. The monoisotopic (exact) mass is 170 g/mol. The number of aliphatic hydroxyl groups excluding tert-OH is 2. The zero-order chi connectivity index (χ0) is 8.97. The average molecular weight is 170 g/mol. The smallest absolute Gasteiger partial charge is 0.123 e. The minimum Gasteiger partial charge on any atom is -0.396 e. The lowest BCUT2D eigenvalue weighted by Crippen LogP contribution is -1.98. The van der Waals surface area contributed by atoms with Crippen molar-refractivity contribution in [1.29, 1.82) is 0 Å². The molecule has 0 spiro atoms. The van der Waals surface area contributed by atoms with Gasteiger partial charge in [-0.25, -0.2) is 4.39 Å². The normalized spacial score (nSPS) is 10.2. The summed E-state index contributed by atoms with van der Waals surface area (Å²) in [5.41, 5.74) is 1.34. The molecule has 0 aliphatic rings. The standard InChI is InChI=1S/C9H11FO2/c10-9-2-1-8(6-12)7(5-9)3-4-11/h1-2,5,11-12H,3-4,6H2. The van der Waals surface area contributed by atoms with Crippen molar-refractivity contribution in [2.24, 2.45) is 0 Å². The van der Waals surface area contributed by atoms with Crippen molar-refractivity contribution in [2.75, 3.05) is 6.61 Å². The summed E-state index contributed by atoms with van der Waals surface area (Å²) in [7, 11) is 0. The molecule has 0 saturated carbocycles. The van der Waals surface area contributed by atoms with Crippen LogP contribution in [0.3, 0.4) is 0 Å². The first-order valence-electron chi connectivity index (χ1n) is 3.77. The van der Waals surface area contributed by atoms with Crippen LogP contribution in [0.1, 0.15) is 11.1 Å². The Morgan fingerprint density at radius 3 is 2.50 bits per heavy atom. The van der Waals surface area contributed by atoms with Gasteiger partial charge in [0.1, 0.15) is 5.82 Å². The quantitative estimate of drug-likeness (QED) is 0.706. The second kappa shape index (κ2) is 4.18. The Balaban J connectivity index is 2.95. The Morgan fingerprint density at radius 2 is 1.92 bits per heavy atom. The van der Waals surface area contributed by atoms with Crippen LogP contribution in [0.2, 0.25) is 0 Å². The number of rotatable bonds is 3. The maximum atomic E-state index is 12.6. The van der Waals surface area contributed by atoms with E-state index < -0.39 is 0 Å². The molecule has 0 aliphatic carbocycles. The molecule has 0 saturated heterocycles. The van der Waals surface area contributed by atoms with Crippen LogP contribution in [-0.4, -0.2) is 16.8 Å². The van der Waals surface area contributed by atoms with Crippen molar-refractivity contribution in [3.05, 3.63) is 35.1 Å². The summed E-state index contributed by atoms with van der Waals surface area (Å²) >= 11 is 0. The van der Waals surface area contributed by atoms with Crippen LogP contribution in [0, 0.1) is 5.82 Å². The summed E-state index contributed by atoms with van der Waals surface area (Å²) in [6.45, 7) is -0.147. The molecular weight excluding hydrogens is 159 g/mol. The highest BCUT2D eigenvalue weighted by Gasteiger charge is 2.01. The number of hydrogen-bond donors (Lipinski definition) is 2. The van der Waals surface area contributed by atoms with Gasteiger partial charge in [-0.3, -0.25) is 0 Å². The molecule has 1 aromatic carbocycles. The molecule has 3 heteroatoms. The van der Waals surface area contributed by atoms with Gasteiger partial charge in [0.05, 0.1) is 6.61 Å². The Hall–Kier alpha value is -0.930. The Labute approximate surface area is 70.3 Å². The van der Waals surface area contributed by atoms with Gasteiger partial charge in [0.2, 0.25) is 0 Å². The summed E-state index contributed by atoms with van der Waals surface area (Å²) in [6, 6.07) is 4.16. The van der Waals surface area contributed by atoms with E-state index in [2.05, 4.69) is 0 Å². The van der Waals surface area contributed by atoms with Gasteiger partial charge in [-0.1, -0.05) is 6.07 Å². The Bertz CT molecular complexity index is 261. The molecule has 0 unspecified atom stereocenters. The third-order valence-electron chi connectivity index (χ3n) is 1.72. The summed E-state index contributed by atoms with van der Waals surface area (Å²) < 4.78 is 12.6. The predicted molar refractivity (Wildman–Crippen MR) is 43.1 cm³/mol. The molecule has 2 N–H and O–H groups in total. The van der Waals surface area contributed by atoms with Crippen LogP contribution in [0.25, 0.3) is 0 Å². The molecule has 0 aromatic heterocycles. The van der Waals surface area contributed by atoms with E-state index in [1.807, 2.05) is 0 Å². The van der Waals surface area contributed by atoms with E-state index in [0.717, 1.165) is 0 Å². The highest BCUT2D eigenvalue weighted by Crippen LogP contribution is 2.11. The highest BCUT2D eigenvalue weighted by atomic mass is 19.1. The second-order valence-corrected chi connectivity index (χ2v) is 2.54. The lowest BCUT2D eigenvalue weighted by Gasteiger charge is -2.04. The molecule has 0 amide bonds. The second-order valence-electron chi connectivity index (χ2n) is 2.54. The maximum Gasteiger partial charge on any atom is 0.123 e. The predicted octanol–water partition coefficient (Wildman–Crippen LogP) is 0.853. The summed E-state index contributed by atoms with van der Waals surface area (Å²) in [5, 5.41) is 17.5. The van der Waals surface area contributed by atoms with Gasteiger partial charge in [0.25, 0.3) is 0 Å². The van der Waals surface area contributed by atoms with Crippen molar-refractivity contribution in [2.45, 2.75) is 13.0 Å². The van der Waals surface area contributed by atoms with Gasteiger partial charge in [-0.15, -0.1) is 0 Å². The first kappa shape index (κ1) is 9.16. The van der Waals surface area contributed by atoms with Crippen LogP contribution in [0.15, 0.2) is 18.2 Å². The van der Waals surface area contributed by atoms with Gasteiger partial charge in [-0.2, -0.15) is 0 Å². The van der Waals surface area contributed by atoms with E-state index in [0.29, 0.717) is 17.5 Å². The summed E-state index contributed by atoms with van der Waals surface area (Å²) in [5.74, 6) is -0.337. The fourth-order valence-electron chi connectivity index (χ4n) is 1.10. The zero-order valence-corrected chi connectivity index (χ0v) is 6.63. The number of halogens is 1. The van der Waals surface area contributed by atoms with Crippen molar-refractivity contribution in [1.82, 2.24) is 0 Å². The van der Waals surface area contributed by atoms with Gasteiger partial charge >= 0.3 is 0 Å². The van der Waals surface area contributed by atoms with E-state index in [-0.39, 0.29) is 19.0 Å². The first-order valence-corrected chi connectivity index (χ1v) is 3.77. The molecular formula is C9H11FO2. The molecule has 12 heavy (non-hydrogen) atoms. The van der Waals surface area contributed by atoms with Crippen LogP contribution in [0.5, 0.6) is 0 Å². The van der Waals surface area contributed by atoms with Crippen molar-refractivity contribution in [3.8, 4) is 0 Å². The summed E-state index contributed by atoms with van der Waals surface area (Å²) in [6.07, 6.45) is 0.383. The van der Waals surface area contributed by atoms with E-state index in [9.17, 15) is 4.39 Å². The van der Waals surface area contributed by atoms with Crippen LogP contribution < -0.4 is 0 Å². The van der Waals surface area contributed by atoms with Crippen LogP contribution in [-0.2, 0) is 13.0 Å².